The maximum absolute atomic E-state index is 4.37. The minimum atomic E-state index is 0.453. The Morgan fingerprint density at radius 2 is 2.00 bits per heavy atom. The van der Waals surface area contributed by atoms with Gasteiger partial charge >= 0.3 is 0 Å². The molecule has 2 heterocycles. The van der Waals surface area contributed by atoms with Crippen LogP contribution in [0.1, 0.15) is 44.7 Å². The fraction of sp³-hybridized carbons (Fsp3) is 0.733. The molecule has 0 saturated carbocycles. The van der Waals surface area contributed by atoms with E-state index in [-0.39, 0.29) is 0 Å². The van der Waals surface area contributed by atoms with Crippen molar-refractivity contribution in [2.75, 3.05) is 31.6 Å². The second kappa shape index (κ2) is 6.85. The molecule has 1 aliphatic heterocycles. The van der Waals surface area contributed by atoms with Gasteiger partial charge in [0.15, 0.2) is 5.82 Å². The molecule has 0 spiro atoms. The van der Waals surface area contributed by atoms with Gasteiger partial charge in [0.05, 0.1) is 5.69 Å². The van der Waals surface area contributed by atoms with Crippen LogP contribution < -0.4 is 10.2 Å². The molecule has 0 amide bonds. The fourth-order valence-corrected chi connectivity index (χ4v) is 2.61. The molecular weight excluding hydrogens is 236 g/mol. The van der Waals surface area contributed by atoms with E-state index in [0.29, 0.717) is 5.92 Å². The first-order chi connectivity index (χ1) is 9.20. The molecule has 19 heavy (non-hydrogen) atoms. The van der Waals surface area contributed by atoms with Gasteiger partial charge in [-0.3, -0.25) is 0 Å². The van der Waals surface area contributed by atoms with Crippen molar-refractivity contribution in [3.63, 3.8) is 0 Å². The third kappa shape index (κ3) is 3.90. The largest absolute Gasteiger partial charge is 0.355 e. The number of piperidine rings is 1. The van der Waals surface area contributed by atoms with E-state index in [1.54, 1.807) is 0 Å². The van der Waals surface area contributed by atoms with Crippen LogP contribution >= 0.6 is 0 Å². The van der Waals surface area contributed by atoms with Crippen molar-refractivity contribution < 1.29 is 0 Å². The molecular formula is C15H26N4. The van der Waals surface area contributed by atoms with Crippen LogP contribution in [0.15, 0.2) is 12.1 Å². The van der Waals surface area contributed by atoms with Crippen LogP contribution in [-0.2, 0) is 0 Å². The van der Waals surface area contributed by atoms with Crippen molar-refractivity contribution in [2.45, 2.75) is 39.0 Å². The minimum absolute atomic E-state index is 0.453. The van der Waals surface area contributed by atoms with Gasteiger partial charge in [0, 0.05) is 13.1 Å². The summed E-state index contributed by atoms with van der Waals surface area (Å²) in [5.74, 6) is 2.36. The molecule has 1 aromatic rings. The number of rotatable bonds is 5. The molecule has 0 unspecified atom stereocenters. The van der Waals surface area contributed by atoms with Crippen LogP contribution in [0.5, 0.6) is 0 Å². The molecule has 1 N–H and O–H groups in total. The van der Waals surface area contributed by atoms with Crippen LogP contribution in [-0.4, -0.2) is 36.9 Å². The predicted molar refractivity (Wildman–Crippen MR) is 79.6 cm³/mol. The molecule has 1 aliphatic rings. The lowest BCUT2D eigenvalue weighted by Crippen LogP contribution is -2.35. The van der Waals surface area contributed by atoms with E-state index >= 15 is 0 Å². The van der Waals surface area contributed by atoms with Crippen molar-refractivity contribution in [3.05, 3.63) is 17.8 Å². The number of nitrogens with zero attached hydrogens (tertiary/aromatic N) is 3. The van der Waals surface area contributed by atoms with Crippen LogP contribution in [0.25, 0.3) is 0 Å². The normalized spacial score (nSPS) is 17.2. The Labute approximate surface area is 116 Å². The molecule has 1 aromatic heterocycles. The highest BCUT2D eigenvalue weighted by molar-refractivity contribution is 5.38. The first-order valence-corrected chi connectivity index (χ1v) is 7.44. The van der Waals surface area contributed by atoms with Gasteiger partial charge < -0.3 is 10.2 Å². The molecule has 4 heteroatoms. The maximum Gasteiger partial charge on any atom is 0.151 e. The van der Waals surface area contributed by atoms with Crippen molar-refractivity contribution in [1.29, 1.82) is 0 Å². The summed E-state index contributed by atoms with van der Waals surface area (Å²) in [6.45, 7) is 7.66. The Kier molecular flexibility index (Phi) is 5.14. The van der Waals surface area contributed by atoms with Crippen molar-refractivity contribution in [2.24, 2.45) is 5.92 Å². The van der Waals surface area contributed by atoms with Crippen molar-refractivity contribution in [3.8, 4) is 0 Å². The summed E-state index contributed by atoms with van der Waals surface area (Å²) < 4.78 is 0. The first kappa shape index (κ1) is 14.3. The highest BCUT2D eigenvalue weighted by Gasteiger charge is 2.20. The summed E-state index contributed by atoms with van der Waals surface area (Å²) in [5.41, 5.74) is 1.08. The summed E-state index contributed by atoms with van der Waals surface area (Å²) in [4.78, 5) is 2.37. The van der Waals surface area contributed by atoms with Gasteiger partial charge in [-0.1, -0.05) is 13.8 Å². The maximum atomic E-state index is 4.37. The number of nitrogens with one attached hydrogen (secondary N) is 1. The van der Waals surface area contributed by atoms with Gasteiger partial charge in [-0.05, 0) is 56.8 Å². The van der Waals surface area contributed by atoms with Crippen LogP contribution in [0.4, 0.5) is 5.82 Å². The smallest absolute Gasteiger partial charge is 0.151 e. The molecule has 0 atom stereocenters. The van der Waals surface area contributed by atoms with Crippen molar-refractivity contribution >= 4 is 5.82 Å². The molecule has 0 aromatic carbocycles. The van der Waals surface area contributed by atoms with E-state index in [1.807, 2.05) is 7.05 Å². The number of anilines is 1. The zero-order valence-corrected chi connectivity index (χ0v) is 12.4. The highest BCUT2D eigenvalue weighted by Crippen LogP contribution is 2.23. The van der Waals surface area contributed by atoms with Gasteiger partial charge in [0.2, 0.25) is 0 Å². The lowest BCUT2D eigenvalue weighted by molar-refractivity contribution is 0.376. The Morgan fingerprint density at radius 1 is 1.26 bits per heavy atom. The van der Waals surface area contributed by atoms with E-state index in [0.717, 1.165) is 37.1 Å². The number of hydrogen-bond donors (Lipinski definition) is 1. The average Bonchev–Trinajstić information content (AvgIpc) is 2.46. The zero-order chi connectivity index (χ0) is 13.7. The summed E-state index contributed by atoms with van der Waals surface area (Å²) in [6.07, 6.45) is 3.84. The predicted octanol–water partition coefficient (Wildman–Crippen LogP) is 2.43. The van der Waals surface area contributed by atoms with E-state index in [2.05, 4.69) is 46.4 Å². The van der Waals surface area contributed by atoms with Crippen LogP contribution in [0.3, 0.4) is 0 Å². The lowest BCUT2D eigenvalue weighted by atomic mass is 9.93. The molecule has 0 radical (unpaired) electrons. The monoisotopic (exact) mass is 262 g/mol. The summed E-state index contributed by atoms with van der Waals surface area (Å²) in [5, 5.41) is 11.9. The summed E-state index contributed by atoms with van der Waals surface area (Å²) in [7, 11) is 2.03. The van der Waals surface area contributed by atoms with E-state index in [4.69, 9.17) is 0 Å². The molecule has 4 nitrogen and oxygen atoms in total. The molecule has 2 rings (SSSR count). The van der Waals surface area contributed by atoms with E-state index < -0.39 is 0 Å². The van der Waals surface area contributed by atoms with Crippen LogP contribution in [0, 0.1) is 5.92 Å². The number of aromatic nitrogens is 2. The van der Waals surface area contributed by atoms with E-state index in [1.165, 1.54) is 19.3 Å². The van der Waals surface area contributed by atoms with Gasteiger partial charge in [-0.25, -0.2) is 0 Å². The SMILES string of the molecule is CNCCC1CCN(c2ccc(C(C)C)nn2)CC1. The van der Waals surface area contributed by atoms with Crippen LogP contribution in [0.2, 0.25) is 0 Å². The summed E-state index contributed by atoms with van der Waals surface area (Å²) >= 11 is 0. The topological polar surface area (TPSA) is 41.0 Å². The standard InChI is InChI=1S/C15H26N4/c1-12(2)14-4-5-15(18-17-14)19-10-7-13(8-11-19)6-9-16-3/h4-5,12-13,16H,6-11H2,1-3H3. The van der Waals surface area contributed by atoms with Gasteiger partial charge in [-0.2, -0.15) is 5.10 Å². The quantitative estimate of drug-likeness (QED) is 0.885. The highest BCUT2D eigenvalue weighted by atomic mass is 15.3. The van der Waals surface area contributed by atoms with Gasteiger partial charge in [0.1, 0.15) is 0 Å². The van der Waals surface area contributed by atoms with Gasteiger partial charge in [-0.15, -0.1) is 5.10 Å². The molecule has 0 bridgehead atoms. The van der Waals surface area contributed by atoms with Crippen molar-refractivity contribution in [1.82, 2.24) is 15.5 Å². The Bertz CT molecular complexity index is 366. The molecule has 1 saturated heterocycles. The van der Waals surface area contributed by atoms with E-state index in [9.17, 15) is 0 Å². The summed E-state index contributed by atoms with van der Waals surface area (Å²) in [6, 6.07) is 4.23. The lowest BCUT2D eigenvalue weighted by Gasteiger charge is -2.32. The Hall–Kier alpha value is -1.16. The number of hydrogen-bond acceptors (Lipinski definition) is 4. The third-order valence-electron chi connectivity index (χ3n) is 4.00. The minimum Gasteiger partial charge on any atom is -0.355 e. The second-order valence-corrected chi connectivity index (χ2v) is 5.79. The third-order valence-corrected chi connectivity index (χ3v) is 4.00. The Balaban J connectivity index is 1.87. The fourth-order valence-electron chi connectivity index (χ4n) is 2.61. The van der Waals surface area contributed by atoms with Gasteiger partial charge in [0.25, 0.3) is 0 Å². The molecule has 1 fully saturated rings. The second-order valence-electron chi connectivity index (χ2n) is 5.79. The molecule has 106 valence electrons. The Morgan fingerprint density at radius 3 is 2.53 bits per heavy atom. The first-order valence-electron chi connectivity index (χ1n) is 7.44. The zero-order valence-electron chi connectivity index (χ0n) is 12.4. The average molecular weight is 262 g/mol. The molecule has 0 aliphatic carbocycles.